The molecule has 5 heteroatoms. The van der Waals surface area contributed by atoms with Crippen molar-refractivity contribution in [3.8, 4) is 11.1 Å². The van der Waals surface area contributed by atoms with Gasteiger partial charge in [0.15, 0.2) is 5.65 Å². The van der Waals surface area contributed by atoms with Gasteiger partial charge in [-0.15, -0.1) is 12.4 Å². The smallest absolute Gasteiger partial charge is 0.165 e. The first-order valence-electron chi connectivity index (χ1n) is 10.8. The minimum atomic E-state index is 0. The summed E-state index contributed by atoms with van der Waals surface area (Å²) >= 11 is 0. The number of halogens is 1. The summed E-state index contributed by atoms with van der Waals surface area (Å²) in [6, 6.07) is 9.16. The van der Waals surface area contributed by atoms with Gasteiger partial charge in [0.1, 0.15) is 5.82 Å². The Morgan fingerprint density at radius 3 is 2.34 bits per heavy atom. The van der Waals surface area contributed by atoms with Crippen LogP contribution in [0.3, 0.4) is 0 Å². The number of hydrogen-bond acceptors (Lipinski definition) is 3. The Morgan fingerprint density at radius 2 is 1.69 bits per heavy atom. The van der Waals surface area contributed by atoms with Crippen LogP contribution in [0.1, 0.15) is 62.0 Å². The van der Waals surface area contributed by atoms with Crippen LogP contribution in [0.25, 0.3) is 16.8 Å². The lowest BCUT2D eigenvalue weighted by molar-refractivity contribution is 0.508. The minimum absolute atomic E-state index is 0. The first kappa shape index (κ1) is 21.6. The van der Waals surface area contributed by atoms with E-state index in [1.165, 1.54) is 53.8 Å². The fourth-order valence-electron chi connectivity index (χ4n) is 4.85. The lowest BCUT2D eigenvalue weighted by Gasteiger charge is -2.30. The Bertz CT molecular complexity index is 1000. The maximum atomic E-state index is 5.05. The Kier molecular flexibility index (Phi) is 6.52. The summed E-state index contributed by atoms with van der Waals surface area (Å²) in [5.41, 5.74) is 8.29. The number of hydrogen-bond donors (Lipinski definition) is 0. The maximum absolute atomic E-state index is 5.05. The molecule has 3 aromatic rings. The highest BCUT2D eigenvalue weighted by molar-refractivity contribution is 5.85. The van der Waals surface area contributed by atoms with Crippen molar-refractivity contribution < 1.29 is 0 Å². The summed E-state index contributed by atoms with van der Waals surface area (Å²) < 4.78 is 2.14. The predicted octanol–water partition coefficient (Wildman–Crippen LogP) is 6.07. The molecule has 4 rings (SSSR count). The van der Waals surface area contributed by atoms with E-state index in [2.05, 4.69) is 68.3 Å². The molecule has 0 atom stereocenters. The van der Waals surface area contributed by atoms with Gasteiger partial charge in [-0.25, -0.2) is 4.98 Å². The minimum Gasteiger partial charge on any atom is -0.353 e. The van der Waals surface area contributed by atoms with Crippen LogP contribution < -0.4 is 4.90 Å². The summed E-state index contributed by atoms with van der Waals surface area (Å²) in [7, 11) is 0. The van der Waals surface area contributed by atoms with Gasteiger partial charge in [0.25, 0.3) is 0 Å². The number of anilines is 1. The van der Waals surface area contributed by atoms with E-state index < -0.39 is 0 Å². The van der Waals surface area contributed by atoms with Crippen molar-refractivity contribution in [3.05, 3.63) is 46.8 Å². The second-order valence-corrected chi connectivity index (χ2v) is 8.18. The molecule has 1 aliphatic heterocycles. The maximum Gasteiger partial charge on any atom is 0.165 e. The van der Waals surface area contributed by atoms with Gasteiger partial charge < -0.3 is 4.90 Å². The standard InChI is InChI=1S/C24H32N4.ClH/c1-6-10-19(11-7-2)27-15-14-21-17(4)25-23-22(18(5)26-28(23)24(21)27)20-13-9-8-12-16(20)3;/h8-9,12-13,19H,6-7,10-11,14-15H2,1-5H3;1H. The third-order valence-corrected chi connectivity index (χ3v) is 6.19. The molecule has 0 saturated carbocycles. The molecule has 0 aliphatic carbocycles. The normalized spacial score (nSPS) is 13.2. The third-order valence-electron chi connectivity index (χ3n) is 6.19. The molecular weight excluding hydrogens is 380 g/mol. The number of rotatable bonds is 6. The molecule has 0 spiro atoms. The van der Waals surface area contributed by atoms with Crippen LogP contribution in [-0.4, -0.2) is 27.2 Å². The van der Waals surface area contributed by atoms with E-state index in [1.54, 1.807) is 0 Å². The van der Waals surface area contributed by atoms with Crippen molar-refractivity contribution in [1.29, 1.82) is 0 Å². The highest BCUT2D eigenvalue weighted by Gasteiger charge is 2.31. The zero-order valence-corrected chi connectivity index (χ0v) is 19.1. The molecule has 1 aromatic carbocycles. The first-order valence-corrected chi connectivity index (χ1v) is 10.8. The van der Waals surface area contributed by atoms with E-state index in [9.17, 15) is 0 Å². The van der Waals surface area contributed by atoms with Gasteiger partial charge in [0, 0.05) is 29.4 Å². The van der Waals surface area contributed by atoms with Crippen molar-refractivity contribution in [2.24, 2.45) is 0 Å². The highest BCUT2D eigenvalue weighted by Crippen LogP contribution is 2.38. The van der Waals surface area contributed by atoms with Gasteiger partial charge in [0.2, 0.25) is 0 Å². The zero-order chi connectivity index (χ0) is 19.8. The van der Waals surface area contributed by atoms with Gasteiger partial charge >= 0.3 is 0 Å². The fourth-order valence-corrected chi connectivity index (χ4v) is 4.85. The topological polar surface area (TPSA) is 33.4 Å². The number of aromatic nitrogens is 3. The lowest BCUT2D eigenvalue weighted by atomic mass is 10.0. The first-order chi connectivity index (χ1) is 13.6. The van der Waals surface area contributed by atoms with Crippen molar-refractivity contribution in [2.75, 3.05) is 11.4 Å². The van der Waals surface area contributed by atoms with Gasteiger partial charge in [0.05, 0.1) is 5.69 Å². The molecule has 0 saturated heterocycles. The van der Waals surface area contributed by atoms with E-state index in [1.807, 2.05) is 0 Å². The molecule has 1 aliphatic rings. The van der Waals surface area contributed by atoms with Crippen LogP contribution in [0.4, 0.5) is 5.82 Å². The van der Waals surface area contributed by atoms with E-state index >= 15 is 0 Å². The SMILES string of the molecule is CCCC(CCC)N1CCc2c(C)nc3c(-c4ccccc4C)c(C)nn3c21.Cl. The molecule has 3 heterocycles. The monoisotopic (exact) mass is 412 g/mol. The molecular formula is C24H33ClN4. The fraction of sp³-hybridized carbons (Fsp3) is 0.500. The van der Waals surface area contributed by atoms with E-state index in [0.29, 0.717) is 6.04 Å². The number of fused-ring (bicyclic) bond motifs is 3. The number of benzene rings is 1. The average Bonchev–Trinajstić information content (AvgIpc) is 3.24. The van der Waals surface area contributed by atoms with Crippen LogP contribution in [0.5, 0.6) is 0 Å². The van der Waals surface area contributed by atoms with Crippen LogP contribution in [-0.2, 0) is 6.42 Å². The summed E-state index contributed by atoms with van der Waals surface area (Å²) in [5, 5.41) is 5.01. The van der Waals surface area contributed by atoms with Gasteiger partial charge in [-0.3, -0.25) is 0 Å². The van der Waals surface area contributed by atoms with Crippen molar-refractivity contribution >= 4 is 23.9 Å². The number of aryl methyl sites for hydroxylation is 3. The van der Waals surface area contributed by atoms with Gasteiger partial charge in [-0.05, 0) is 51.2 Å². The van der Waals surface area contributed by atoms with Crippen molar-refractivity contribution in [1.82, 2.24) is 14.6 Å². The highest BCUT2D eigenvalue weighted by atomic mass is 35.5. The van der Waals surface area contributed by atoms with Crippen LogP contribution >= 0.6 is 12.4 Å². The van der Waals surface area contributed by atoms with E-state index in [4.69, 9.17) is 10.1 Å². The molecule has 0 bridgehead atoms. The van der Waals surface area contributed by atoms with Crippen LogP contribution in [0.2, 0.25) is 0 Å². The molecule has 0 radical (unpaired) electrons. The second kappa shape index (κ2) is 8.74. The molecule has 156 valence electrons. The summed E-state index contributed by atoms with van der Waals surface area (Å²) in [6.45, 7) is 12.1. The van der Waals surface area contributed by atoms with Crippen LogP contribution in [0, 0.1) is 20.8 Å². The lowest BCUT2D eigenvalue weighted by Crippen LogP contribution is -2.35. The molecule has 0 unspecified atom stereocenters. The average molecular weight is 413 g/mol. The molecule has 4 nitrogen and oxygen atoms in total. The summed E-state index contributed by atoms with van der Waals surface area (Å²) in [5.74, 6) is 1.29. The largest absolute Gasteiger partial charge is 0.353 e. The molecule has 29 heavy (non-hydrogen) atoms. The Morgan fingerprint density at radius 1 is 1.00 bits per heavy atom. The van der Waals surface area contributed by atoms with Gasteiger partial charge in [-0.2, -0.15) is 9.61 Å². The Hall–Kier alpha value is -2.07. The van der Waals surface area contributed by atoms with E-state index in [0.717, 1.165) is 30.0 Å². The third kappa shape index (κ3) is 3.63. The molecule has 2 aromatic heterocycles. The second-order valence-electron chi connectivity index (χ2n) is 8.18. The summed E-state index contributed by atoms with van der Waals surface area (Å²) in [6.07, 6.45) is 5.99. The molecule has 0 fully saturated rings. The quantitative estimate of drug-likeness (QED) is 0.492. The van der Waals surface area contributed by atoms with Crippen molar-refractivity contribution in [2.45, 2.75) is 72.8 Å². The van der Waals surface area contributed by atoms with E-state index in [-0.39, 0.29) is 12.4 Å². The molecule has 0 N–H and O–H groups in total. The summed E-state index contributed by atoms with van der Waals surface area (Å²) in [4.78, 5) is 7.67. The van der Waals surface area contributed by atoms with Crippen molar-refractivity contribution in [3.63, 3.8) is 0 Å². The van der Waals surface area contributed by atoms with Gasteiger partial charge in [-0.1, -0.05) is 51.0 Å². The predicted molar refractivity (Wildman–Crippen MR) is 125 cm³/mol. The Labute approximate surface area is 180 Å². The Balaban J connectivity index is 0.00000240. The number of nitrogens with zero attached hydrogens (tertiary/aromatic N) is 4. The molecule has 0 amide bonds. The zero-order valence-electron chi connectivity index (χ0n) is 18.3. The van der Waals surface area contributed by atoms with Crippen LogP contribution in [0.15, 0.2) is 24.3 Å².